The molecule has 0 unspecified atom stereocenters. The zero-order valence-corrected chi connectivity index (χ0v) is 15.5. The minimum absolute atomic E-state index is 1.27. The second-order valence-electron chi connectivity index (χ2n) is 6.20. The fraction of sp³-hybridized carbons (Fsp3) is 0.619. The summed E-state index contributed by atoms with van der Waals surface area (Å²) in [5, 5.41) is 0. The monoisotopic (exact) mass is 318 g/mol. The van der Waals surface area contributed by atoms with Crippen molar-refractivity contribution in [3.63, 3.8) is 0 Å². The predicted molar refractivity (Wildman–Crippen MR) is 104 cm³/mol. The molecule has 0 bridgehead atoms. The number of benzene rings is 1. The molecular weight excluding hydrogens is 284 g/mol. The lowest BCUT2D eigenvalue weighted by Gasteiger charge is -2.03. The van der Waals surface area contributed by atoms with Crippen LogP contribution in [0.2, 0.25) is 0 Å². The Labute approximate surface area is 142 Å². The predicted octanol–water partition coefficient (Wildman–Crippen LogP) is 7.70. The summed E-state index contributed by atoms with van der Waals surface area (Å²) in [5.41, 5.74) is 1.32. The molecule has 1 aromatic carbocycles. The first-order valence-electron chi connectivity index (χ1n) is 9.19. The zero-order chi connectivity index (χ0) is 15.9. The molecular formula is C21H34S. The Morgan fingerprint density at radius 2 is 1.36 bits per heavy atom. The van der Waals surface area contributed by atoms with E-state index in [1.165, 1.54) is 80.4 Å². The van der Waals surface area contributed by atoms with Gasteiger partial charge in [0.05, 0.1) is 0 Å². The van der Waals surface area contributed by atoms with Crippen molar-refractivity contribution < 1.29 is 0 Å². The van der Waals surface area contributed by atoms with E-state index < -0.39 is 0 Å². The van der Waals surface area contributed by atoms with Crippen LogP contribution in [0.3, 0.4) is 0 Å². The zero-order valence-electron chi connectivity index (χ0n) is 14.7. The van der Waals surface area contributed by atoms with Gasteiger partial charge in [0.1, 0.15) is 0 Å². The third-order valence-electron chi connectivity index (χ3n) is 4.00. The summed E-state index contributed by atoms with van der Waals surface area (Å²) in [5.74, 6) is 1.27. The average molecular weight is 319 g/mol. The molecule has 0 aromatic heterocycles. The number of unbranched alkanes of at least 4 members (excludes halogenated alkanes) is 9. The fourth-order valence-corrected chi connectivity index (χ4v) is 3.54. The average Bonchev–Trinajstić information content (AvgIpc) is 2.53. The van der Waals surface area contributed by atoms with Crippen LogP contribution in [-0.2, 0) is 0 Å². The van der Waals surface area contributed by atoms with Crippen LogP contribution in [0.1, 0.15) is 83.6 Å². The fourth-order valence-electron chi connectivity index (χ4n) is 2.65. The first-order valence-corrected chi connectivity index (χ1v) is 10.2. The molecule has 0 saturated carbocycles. The quantitative estimate of drug-likeness (QED) is 0.336. The molecule has 1 heteroatoms. The molecule has 0 atom stereocenters. The standard InChI is InChI=1S/C21H34S/c1-3-4-5-6-7-8-9-10-11-15-18-22-20(2)19-21-16-13-12-14-17-21/h12-14,16-17,19H,3-11,15,18H2,1-2H3/b20-19-. The Morgan fingerprint density at radius 1 is 0.818 bits per heavy atom. The van der Waals surface area contributed by atoms with Crippen LogP contribution in [0.25, 0.3) is 6.08 Å². The molecule has 0 heterocycles. The second kappa shape index (κ2) is 13.9. The molecule has 0 aliphatic heterocycles. The lowest BCUT2D eigenvalue weighted by molar-refractivity contribution is 0.563. The molecule has 0 radical (unpaired) electrons. The molecule has 0 N–H and O–H groups in total. The largest absolute Gasteiger partial charge is 0.131 e. The van der Waals surface area contributed by atoms with E-state index in [1.54, 1.807) is 0 Å². The maximum atomic E-state index is 2.29. The first kappa shape index (κ1) is 19.4. The van der Waals surface area contributed by atoms with Gasteiger partial charge in [-0.2, -0.15) is 0 Å². The summed E-state index contributed by atoms with van der Waals surface area (Å²) in [4.78, 5) is 1.43. The van der Waals surface area contributed by atoms with Crippen LogP contribution in [0.4, 0.5) is 0 Å². The van der Waals surface area contributed by atoms with Gasteiger partial charge in [-0.1, -0.05) is 95.0 Å². The smallest absolute Gasteiger partial charge is 0.00233 e. The minimum Gasteiger partial charge on any atom is -0.131 e. The molecule has 0 saturated heterocycles. The van der Waals surface area contributed by atoms with Gasteiger partial charge in [-0.25, -0.2) is 0 Å². The lowest BCUT2D eigenvalue weighted by atomic mass is 10.1. The highest BCUT2D eigenvalue weighted by molar-refractivity contribution is 8.03. The van der Waals surface area contributed by atoms with Gasteiger partial charge in [-0.3, -0.25) is 0 Å². The van der Waals surface area contributed by atoms with Crippen molar-refractivity contribution in [3.05, 3.63) is 40.8 Å². The topological polar surface area (TPSA) is 0 Å². The van der Waals surface area contributed by atoms with E-state index in [0.29, 0.717) is 0 Å². The molecule has 0 aliphatic rings. The van der Waals surface area contributed by atoms with Gasteiger partial charge in [-0.15, -0.1) is 11.8 Å². The molecule has 0 aliphatic carbocycles. The van der Waals surface area contributed by atoms with Gasteiger partial charge < -0.3 is 0 Å². The third-order valence-corrected chi connectivity index (χ3v) is 5.06. The highest BCUT2D eigenvalue weighted by Gasteiger charge is 1.95. The summed E-state index contributed by atoms with van der Waals surface area (Å²) in [6.07, 6.45) is 16.5. The molecule has 0 amide bonds. The third kappa shape index (κ3) is 11.0. The molecule has 0 spiro atoms. The van der Waals surface area contributed by atoms with Crippen LogP contribution in [0.15, 0.2) is 35.2 Å². The number of rotatable bonds is 13. The number of hydrogen-bond donors (Lipinski definition) is 0. The highest BCUT2D eigenvalue weighted by atomic mass is 32.2. The summed E-state index contributed by atoms with van der Waals surface area (Å²) in [6.45, 7) is 4.52. The number of hydrogen-bond acceptors (Lipinski definition) is 1. The summed E-state index contributed by atoms with van der Waals surface area (Å²) in [6, 6.07) is 10.6. The Morgan fingerprint density at radius 3 is 1.95 bits per heavy atom. The van der Waals surface area contributed by atoms with Gasteiger partial charge in [0.2, 0.25) is 0 Å². The van der Waals surface area contributed by atoms with Crippen molar-refractivity contribution in [2.24, 2.45) is 0 Å². The molecule has 124 valence electrons. The van der Waals surface area contributed by atoms with E-state index in [-0.39, 0.29) is 0 Å². The van der Waals surface area contributed by atoms with Crippen molar-refractivity contribution in [1.82, 2.24) is 0 Å². The number of allylic oxidation sites excluding steroid dienone is 1. The van der Waals surface area contributed by atoms with E-state index in [4.69, 9.17) is 0 Å². The van der Waals surface area contributed by atoms with Gasteiger partial charge in [0.25, 0.3) is 0 Å². The van der Waals surface area contributed by atoms with E-state index in [1.807, 2.05) is 11.8 Å². The van der Waals surface area contributed by atoms with Crippen molar-refractivity contribution in [2.75, 3.05) is 5.75 Å². The maximum absolute atomic E-state index is 2.29. The molecule has 0 fully saturated rings. The second-order valence-corrected chi connectivity index (χ2v) is 7.54. The van der Waals surface area contributed by atoms with Crippen LogP contribution < -0.4 is 0 Å². The summed E-state index contributed by atoms with van der Waals surface area (Å²) < 4.78 is 0. The van der Waals surface area contributed by atoms with Crippen LogP contribution in [0, 0.1) is 0 Å². The SMILES string of the molecule is CCCCCCCCCCCCS/C(C)=C\c1ccccc1. The van der Waals surface area contributed by atoms with E-state index in [0.717, 1.165) is 0 Å². The number of thioether (sulfide) groups is 1. The van der Waals surface area contributed by atoms with Crippen LogP contribution in [-0.4, -0.2) is 5.75 Å². The first-order chi connectivity index (χ1) is 10.8. The Kier molecular flexibility index (Phi) is 12.3. The maximum Gasteiger partial charge on any atom is -0.00233 e. The lowest BCUT2D eigenvalue weighted by Crippen LogP contribution is -1.84. The van der Waals surface area contributed by atoms with E-state index >= 15 is 0 Å². The Hall–Kier alpha value is -0.690. The van der Waals surface area contributed by atoms with Crippen molar-refractivity contribution in [1.29, 1.82) is 0 Å². The van der Waals surface area contributed by atoms with Gasteiger partial charge in [0.15, 0.2) is 0 Å². The van der Waals surface area contributed by atoms with Crippen molar-refractivity contribution in [2.45, 2.75) is 78.1 Å². The normalized spacial score (nSPS) is 11.8. The van der Waals surface area contributed by atoms with Crippen molar-refractivity contribution in [3.8, 4) is 0 Å². The van der Waals surface area contributed by atoms with E-state index in [9.17, 15) is 0 Å². The van der Waals surface area contributed by atoms with Gasteiger partial charge in [0, 0.05) is 0 Å². The Balaban J connectivity index is 1.92. The van der Waals surface area contributed by atoms with Crippen LogP contribution in [0.5, 0.6) is 0 Å². The van der Waals surface area contributed by atoms with Crippen LogP contribution >= 0.6 is 11.8 Å². The molecule has 22 heavy (non-hydrogen) atoms. The molecule has 0 nitrogen and oxygen atoms in total. The summed E-state index contributed by atoms with van der Waals surface area (Å²) >= 11 is 2.01. The highest BCUT2D eigenvalue weighted by Crippen LogP contribution is 2.20. The minimum atomic E-state index is 1.27. The molecule has 1 aromatic rings. The summed E-state index contributed by atoms with van der Waals surface area (Å²) in [7, 11) is 0. The Bertz CT molecular complexity index is 380. The van der Waals surface area contributed by atoms with Gasteiger partial charge >= 0.3 is 0 Å². The van der Waals surface area contributed by atoms with E-state index in [2.05, 4.69) is 50.3 Å². The van der Waals surface area contributed by atoms with Gasteiger partial charge in [-0.05, 0) is 35.6 Å². The van der Waals surface area contributed by atoms with Crippen molar-refractivity contribution >= 4 is 17.8 Å². The molecule has 1 rings (SSSR count).